The van der Waals surface area contributed by atoms with Crippen LogP contribution in [0.15, 0.2) is 71.3 Å². The van der Waals surface area contributed by atoms with E-state index >= 15 is 0 Å². The van der Waals surface area contributed by atoms with Crippen molar-refractivity contribution in [3.63, 3.8) is 0 Å². The van der Waals surface area contributed by atoms with E-state index in [2.05, 4.69) is 24.5 Å². The molecule has 1 heterocycles. The quantitative estimate of drug-likeness (QED) is 0.337. The van der Waals surface area contributed by atoms with E-state index in [1.165, 1.54) is 7.11 Å². The first-order valence-electron chi connectivity index (χ1n) is 11.8. The van der Waals surface area contributed by atoms with E-state index in [9.17, 15) is 4.79 Å². The van der Waals surface area contributed by atoms with Crippen LogP contribution < -0.4 is 20.1 Å². The highest BCUT2D eigenvalue weighted by Crippen LogP contribution is 2.29. The molecule has 0 radical (unpaired) electrons. The van der Waals surface area contributed by atoms with E-state index in [1.54, 1.807) is 20.5 Å². The Morgan fingerprint density at radius 3 is 1.89 bits per heavy atom. The number of ether oxygens (including phenoxy) is 3. The van der Waals surface area contributed by atoms with Gasteiger partial charge < -0.3 is 23.9 Å². The molecule has 0 amide bonds. The number of hydrogen-bond donors (Lipinski definition) is 2. The van der Waals surface area contributed by atoms with Crippen LogP contribution in [0.5, 0.6) is 11.5 Å². The summed E-state index contributed by atoms with van der Waals surface area (Å²) in [4.78, 5) is 12.4. The standard InChI is InChI=1S/C28H36N2O5/c1-19(2)17-24(28(31)34-5)29-18-25(26-7-6-16-35-26)30-27(20-8-12-22(32-3)13-9-20)21-10-14-23(33-4)15-11-21/h6-16,19,24-25,27,29-30H,17-18H2,1-5H3/t24-,25?/m0/s1. The van der Waals surface area contributed by atoms with E-state index in [0.29, 0.717) is 18.9 Å². The maximum absolute atomic E-state index is 12.4. The second-order valence-corrected chi connectivity index (χ2v) is 8.83. The van der Waals surface area contributed by atoms with Crippen molar-refractivity contribution in [2.45, 2.75) is 38.4 Å². The first-order chi connectivity index (χ1) is 16.9. The molecule has 0 aliphatic rings. The van der Waals surface area contributed by atoms with Gasteiger partial charge in [-0.1, -0.05) is 38.1 Å². The fourth-order valence-corrected chi connectivity index (χ4v) is 4.05. The van der Waals surface area contributed by atoms with Crippen LogP contribution in [0, 0.1) is 5.92 Å². The third kappa shape index (κ3) is 7.34. The van der Waals surface area contributed by atoms with Crippen molar-refractivity contribution >= 4 is 5.97 Å². The Kier molecular flexibility index (Phi) is 9.76. The van der Waals surface area contributed by atoms with E-state index in [1.807, 2.05) is 60.7 Å². The van der Waals surface area contributed by atoms with Gasteiger partial charge in [0.25, 0.3) is 0 Å². The SMILES string of the molecule is COC(=O)[C@H](CC(C)C)NCC(NC(c1ccc(OC)cc1)c1ccc(OC)cc1)c1ccco1. The Labute approximate surface area is 207 Å². The zero-order valence-electron chi connectivity index (χ0n) is 21.1. The normalized spacial score (nSPS) is 13.0. The first-order valence-corrected chi connectivity index (χ1v) is 11.8. The molecule has 0 saturated carbocycles. The third-order valence-corrected chi connectivity index (χ3v) is 5.91. The van der Waals surface area contributed by atoms with Gasteiger partial charge in [-0.25, -0.2) is 0 Å². The van der Waals surface area contributed by atoms with Crippen LogP contribution in [0.2, 0.25) is 0 Å². The maximum Gasteiger partial charge on any atom is 0.322 e. The van der Waals surface area contributed by atoms with Crippen LogP contribution in [-0.4, -0.2) is 39.9 Å². The lowest BCUT2D eigenvalue weighted by Gasteiger charge is -2.28. The van der Waals surface area contributed by atoms with Crippen molar-refractivity contribution < 1.29 is 23.4 Å². The molecular formula is C28H36N2O5. The number of benzene rings is 2. The van der Waals surface area contributed by atoms with Gasteiger partial charge in [-0.3, -0.25) is 10.1 Å². The van der Waals surface area contributed by atoms with E-state index in [-0.39, 0.29) is 18.1 Å². The van der Waals surface area contributed by atoms with Gasteiger partial charge in [-0.15, -0.1) is 0 Å². The molecule has 2 N–H and O–H groups in total. The molecule has 1 aromatic heterocycles. The molecule has 2 aromatic carbocycles. The summed E-state index contributed by atoms with van der Waals surface area (Å²) in [6, 6.07) is 19.0. The summed E-state index contributed by atoms with van der Waals surface area (Å²) in [5, 5.41) is 7.14. The van der Waals surface area contributed by atoms with Crippen LogP contribution >= 0.6 is 0 Å². The van der Waals surface area contributed by atoms with Crippen molar-refractivity contribution in [2.24, 2.45) is 5.92 Å². The molecule has 3 rings (SSSR count). The molecule has 7 heteroatoms. The van der Waals surface area contributed by atoms with Crippen molar-refractivity contribution in [3.05, 3.63) is 83.8 Å². The molecule has 1 unspecified atom stereocenters. The minimum Gasteiger partial charge on any atom is -0.497 e. The summed E-state index contributed by atoms with van der Waals surface area (Å²) in [6.45, 7) is 4.65. The van der Waals surface area contributed by atoms with E-state index < -0.39 is 6.04 Å². The Morgan fingerprint density at radius 2 is 1.46 bits per heavy atom. The van der Waals surface area contributed by atoms with Crippen LogP contribution in [0.25, 0.3) is 0 Å². The molecule has 2 atom stereocenters. The lowest BCUT2D eigenvalue weighted by atomic mass is 9.96. The average molecular weight is 481 g/mol. The van der Waals surface area contributed by atoms with Crippen LogP contribution in [0.3, 0.4) is 0 Å². The smallest absolute Gasteiger partial charge is 0.322 e. The minimum atomic E-state index is -0.403. The van der Waals surface area contributed by atoms with Crippen molar-refractivity contribution in [3.8, 4) is 11.5 Å². The van der Waals surface area contributed by atoms with Gasteiger partial charge in [0.1, 0.15) is 23.3 Å². The second kappa shape index (κ2) is 13.0. The van der Waals surface area contributed by atoms with Gasteiger partial charge >= 0.3 is 5.97 Å². The third-order valence-electron chi connectivity index (χ3n) is 5.91. The number of furan rings is 1. The molecular weight excluding hydrogens is 444 g/mol. The number of nitrogens with one attached hydrogen (secondary N) is 2. The van der Waals surface area contributed by atoms with Gasteiger partial charge in [-0.05, 0) is 59.9 Å². The Hall–Kier alpha value is -3.29. The summed E-state index contributed by atoms with van der Waals surface area (Å²) in [5.74, 6) is 2.44. The molecule has 0 aliphatic heterocycles. The summed E-state index contributed by atoms with van der Waals surface area (Å²) in [5.41, 5.74) is 2.14. The predicted molar refractivity (Wildman–Crippen MR) is 136 cm³/mol. The highest BCUT2D eigenvalue weighted by Gasteiger charge is 2.26. The number of esters is 1. The Balaban J connectivity index is 1.90. The zero-order valence-corrected chi connectivity index (χ0v) is 21.1. The van der Waals surface area contributed by atoms with E-state index in [0.717, 1.165) is 28.4 Å². The molecule has 7 nitrogen and oxygen atoms in total. The molecule has 3 aromatic rings. The second-order valence-electron chi connectivity index (χ2n) is 8.83. The fourth-order valence-electron chi connectivity index (χ4n) is 4.05. The van der Waals surface area contributed by atoms with Gasteiger partial charge in [0, 0.05) is 6.54 Å². The van der Waals surface area contributed by atoms with Gasteiger partial charge in [0.2, 0.25) is 0 Å². The highest BCUT2D eigenvalue weighted by atomic mass is 16.5. The molecule has 35 heavy (non-hydrogen) atoms. The van der Waals surface area contributed by atoms with Crippen LogP contribution in [-0.2, 0) is 9.53 Å². The van der Waals surface area contributed by atoms with Gasteiger partial charge in [0.05, 0.1) is 39.7 Å². The lowest BCUT2D eigenvalue weighted by Crippen LogP contribution is -2.43. The predicted octanol–water partition coefficient (Wildman–Crippen LogP) is 4.89. The number of carbonyl (C=O) groups is 1. The van der Waals surface area contributed by atoms with Crippen LogP contribution in [0.1, 0.15) is 49.2 Å². The number of rotatable bonds is 13. The topological polar surface area (TPSA) is 82.0 Å². The summed E-state index contributed by atoms with van der Waals surface area (Å²) in [7, 11) is 4.73. The van der Waals surface area contributed by atoms with Crippen molar-refractivity contribution in [2.75, 3.05) is 27.9 Å². The molecule has 0 bridgehead atoms. The minimum absolute atomic E-state index is 0.148. The number of carbonyl (C=O) groups excluding carboxylic acids is 1. The Bertz CT molecular complexity index is 969. The first kappa shape index (κ1) is 26.3. The largest absolute Gasteiger partial charge is 0.497 e. The van der Waals surface area contributed by atoms with Crippen molar-refractivity contribution in [1.29, 1.82) is 0 Å². The van der Waals surface area contributed by atoms with E-state index in [4.69, 9.17) is 18.6 Å². The molecule has 0 fully saturated rings. The fraction of sp³-hybridized carbons (Fsp3) is 0.393. The molecule has 188 valence electrons. The van der Waals surface area contributed by atoms with Gasteiger partial charge in [-0.2, -0.15) is 0 Å². The summed E-state index contributed by atoms with van der Waals surface area (Å²) >= 11 is 0. The van der Waals surface area contributed by atoms with Gasteiger partial charge in [0.15, 0.2) is 0 Å². The van der Waals surface area contributed by atoms with Crippen molar-refractivity contribution in [1.82, 2.24) is 10.6 Å². The summed E-state index contributed by atoms with van der Waals surface area (Å²) in [6.07, 6.45) is 2.34. The highest BCUT2D eigenvalue weighted by molar-refractivity contribution is 5.75. The number of methoxy groups -OCH3 is 3. The monoisotopic (exact) mass is 480 g/mol. The molecule has 0 spiro atoms. The summed E-state index contributed by atoms with van der Waals surface area (Å²) < 4.78 is 21.5. The molecule has 0 aliphatic carbocycles. The Morgan fingerprint density at radius 1 is 0.886 bits per heavy atom. The molecule has 0 saturated heterocycles. The zero-order chi connectivity index (χ0) is 25.2. The van der Waals surface area contributed by atoms with Crippen LogP contribution in [0.4, 0.5) is 0 Å². The number of hydrogen-bond acceptors (Lipinski definition) is 7. The lowest BCUT2D eigenvalue weighted by molar-refractivity contribution is -0.143. The maximum atomic E-state index is 12.4. The average Bonchev–Trinajstić information content (AvgIpc) is 3.42.